The van der Waals surface area contributed by atoms with Crippen molar-refractivity contribution in [3.8, 4) is 0 Å². The van der Waals surface area contributed by atoms with Gasteiger partial charge in [-0.3, -0.25) is 0 Å². The van der Waals surface area contributed by atoms with Crippen molar-refractivity contribution in [2.24, 2.45) is 11.8 Å². The minimum absolute atomic E-state index is 0.171. The lowest BCUT2D eigenvalue weighted by Crippen LogP contribution is -2.48. The van der Waals surface area contributed by atoms with Gasteiger partial charge < -0.3 is 14.3 Å². The van der Waals surface area contributed by atoms with Crippen molar-refractivity contribution in [1.29, 1.82) is 0 Å². The van der Waals surface area contributed by atoms with Crippen LogP contribution in [-0.4, -0.2) is 32.7 Å². The van der Waals surface area contributed by atoms with Crippen LogP contribution in [0, 0.1) is 11.8 Å². The molecule has 0 heterocycles. The van der Waals surface area contributed by atoms with Crippen molar-refractivity contribution in [2.75, 3.05) is 13.2 Å². The summed E-state index contributed by atoms with van der Waals surface area (Å²) in [7, 11) is -1.82. The molecule has 1 aliphatic carbocycles. The van der Waals surface area contributed by atoms with E-state index in [4.69, 9.17) is 9.16 Å². The standard InChI is InChI=1S/C21H36O3Si/c1-21(2,3)25(4,5)24-20-13-18(11-12-19(20)14-22)16-23-15-17-9-7-6-8-10-17/h6-10,18-20,22H,11-16H2,1-5H3. The summed E-state index contributed by atoms with van der Waals surface area (Å²) < 4.78 is 12.6. The molecule has 1 aromatic carbocycles. The summed E-state index contributed by atoms with van der Waals surface area (Å²) in [6.07, 6.45) is 3.34. The Balaban J connectivity index is 1.88. The second-order valence-electron chi connectivity index (χ2n) is 9.04. The normalized spacial score (nSPS) is 25.1. The molecule has 1 aromatic rings. The van der Waals surface area contributed by atoms with Crippen molar-refractivity contribution < 1.29 is 14.3 Å². The molecule has 0 aromatic heterocycles. The summed E-state index contributed by atoms with van der Waals surface area (Å²) in [5, 5.41) is 9.97. The Kier molecular flexibility index (Phi) is 7.26. The highest BCUT2D eigenvalue weighted by Gasteiger charge is 2.42. The Morgan fingerprint density at radius 2 is 1.80 bits per heavy atom. The summed E-state index contributed by atoms with van der Waals surface area (Å²) in [6, 6.07) is 10.3. The topological polar surface area (TPSA) is 38.7 Å². The maximum Gasteiger partial charge on any atom is 0.192 e. The van der Waals surface area contributed by atoms with Crippen LogP contribution in [0.3, 0.4) is 0 Å². The van der Waals surface area contributed by atoms with E-state index in [9.17, 15) is 5.11 Å². The molecule has 0 spiro atoms. The third-order valence-electron chi connectivity index (χ3n) is 5.99. The molecule has 0 amide bonds. The first-order chi connectivity index (χ1) is 11.7. The fourth-order valence-electron chi connectivity index (χ4n) is 3.25. The number of hydrogen-bond donors (Lipinski definition) is 1. The molecule has 142 valence electrons. The highest BCUT2D eigenvalue weighted by atomic mass is 28.4. The van der Waals surface area contributed by atoms with E-state index >= 15 is 0 Å². The second kappa shape index (κ2) is 8.80. The van der Waals surface area contributed by atoms with E-state index in [-0.39, 0.29) is 23.7 Å². The van der Waals surface area contributed by atoms with E-state index in [0.29, 0.717) is 12.5 Å². The number of aliphatic hydroxyl groups excluding tert-OH is 1. The minimum Gasteiger partial charge on any atom is -0.414 e. The third-order valence-corrected chi connectivity index (χ3v) is 10.5. The van der Waals surface area contributed by atoms with Crippen LogP contribution in [-0.2, 0) is 15.8 Å². The molecule has 25 heavy (non-hydrogen) atoms. The number of rotatable bonds is 7. The zero-order valence-corrected chi connectivity index (χ0v) is 17.6. The number of aliphatic hydroxyl groups is 1. The maximum atomic E-state index is 9.78. The molecular weight excluding hydrogens is 328 g/mol. The lowest BCUT2D eigenvalue weighted by Gasteiger charge is -2.44. The smallest absolute Gasteiger partial charge is 0.192 e. The maximum absolute atomic E-state index is 9.78. The Hall–Kier alpha value is -0.683. The molecule has 0 aliphatic heterocycles. The first kappa shape index (κ1) is 20.6. The molecule has 4 heteroatoms. The van der Waals surface area contributed by atoms with Gasteiger partial charge >= 0.3 is 0 Å². The van der Waals surface area contributed by atoms with Crippen LogP contribution in [0.25, 0.3) is 0 Å². The first-order valence-electron chi connectivity index (χ1n) is 9.63. The quantitative estimate of drug-likeness (QED) is 0.692. The zero-order valence-electron chi connectivity index (χ0n) is 16.6. The average Bonchev–Trinajstić information content (AvgIpc) is 2.55. The highest BCUT2D eigenvalue weighted by molar-refractivity contribution is 6.74. The van der Waals surface area contributed by atoms with Gasteiger partial charge in [-0.05, 0) is 48.9 Å². The van der Waals surface area contributed by atoms with Gasteiger partial charge in [0.2, 0.25) is 0 Å². The third kappa shape index (κ3) is 5.92. The Morgan fingerprint density at radius 1 is 1.12 bits per heavy atom. The zero-order chi connectivity index (χ0) is 18.5. The second-order valence-corrected chi connectivity index (χ2v) is 13.8. The van der Waals surface area contributed by atoms with Crippen LogP contribution in [0.5, 0.6) is 0 Å². The van der Waals surface area contributed by atoms with E-state index in [1.807, 2.05) is 18.2 Å². The molecule has 2 rings (SSSR count). The van der Waals surface area contributed by atoms with Crippen LogP contribution < -0.4 is 0 Å². The number of benzene rings is 1. The van der Waals surface area contributed by atoms with Gasteiger partial charge in [0.25, 0.3) is 0 Å². The predicted molar refractivity (Wildman–Crippen MR) is 106 cm³/mol. The van der Waals surface area contributed by atoms with Crippen LogP contribution in [0.1, 0.15) is 45.6 Å². The van der Waals surface area contributed by atoms with Crippen LogP contribution in [0.4, 0.5) is 0 Å². The largest absolute Gasteiger partial charge is 0.414 e. The molecule has 1 N–H and O–H groups in total. The summed E-state index contributed by atoms with van der Waals surface area (Å²) in [6.45, 7) is 13.1. The van der Waals surface area contributed by atoms with Gasteiger partial charge in [-0.15, -0.1) is 0 Å². The van der Waals surface area contributed by atoms with Gasteiger partial charge in [-0.25, -0.2) is 0 Å². The van der Waals surface area contributed by atoms with Crippen LogP contribution in [0.15, 0.2) is 30.3 Å². The summed E-state index contributed by atoms with van der Waals surface area (Å²) in [5.41, 5.74) is 1.22. The SMILES string of the molecule is CC(C)(C)[Si](C)(C)OC1CC(COCc2ccccc2)CCC1CO. The summed E-state index contributed by atoms with van der Waals surface area (Å²) in [4.78, 5) is 0. The van der Waals surface area contributed by atoms with Crippen molar-refractivity contribution in [2.45, 2.75) is 70.9 Å². The van der Waals surface area contributed by atoms with Crippen molar-refractivity contribution >= 4 is 8.32 Å². The van der Waals surface area contributed by atoms with Gasteiger partial charge in [0.1, 0.15) is 0 Å². The number of ether oxygens (including phenoxy) is 1. The van der Waals surface area contributed by atoms with E-state index in [1.54, 1.807) is 0 Å². The molecule has 1 aliphatic rings. The van der Waals surface area contributed by atoms with Crippen molar-refractivity contribution in [1.82, 2.24) is 0 Å². The average molecular weight is 365 g/mol. The fourth-order valence-corrected chi connectivity index (χ4v) is 4.65. The Morgan fingerprint density at radius 3 is 2.40 bits per heavy atom. The van der Waals surface area contributed by atoms with Crippen molar-refractivity contribution in [3.05, 3.63) is 35.9 Å². The first-order valence-corrected chi connectivity index (χ1v) is 12.5. The molecule has 1 fully saturated rings. The van der Waals surface area contributed by atoms with Gasteiger partial charge in [-0.1, -0.05) is 51.1 Å². The van der Waals surface area contributed by atoms with Crippen LogP contribution >= 0.6 is 0 Å². The predicted octanol–water partition coefficient (Wildman–Crippen LogP) is 5.00. The monoisotopic (exact) mass is 364 g/mol. The van der Waals surface area contributed by atoms with Crippen molar-refractivity contribution in [3.63, 3.8) is 0 Å². The van der Waals surface area contributed by atoms with Gasteiger partial charge in [-0.2, -0.15) is 0 Å². The summed E-state index contributed by atoms with van der Waals surface area (Å²) >= 11 is 0. The van der Waals surface area contributed by atoms with Gasteiger partial charge in [0.05, 0.1) is 12.7 Å². The van der Waals surface area contributed by atoms with E-state index in [0.717, 1.165) is 25.9 Å². The molecule has 0 radical (unpaired) electrons. The Labute approximate surface area is 154 Å². The molecule has 1 saturated carbocycles. The lowest BCUT2D eigenvalue weighted by atomic mass is 9.80. The fraction of sp³-hybridized carbons (Fsp3) is 0.714. The molecular formula is C21H36O3Si. The van der Waals surface area contributed by atoms with E-state index in [1.165, 1.54) is 5.56 Å². The van der Waals surface area contributed by atoms with E-state index < -0.39 is 8.32 Å². The Bertz CT molecular complexity index is 510. The molecule has 0 saturated heterocycles. The molecule has 3 unspecified atom stereocenters. The van der Waals surface area contributed by atoms with Crippen LogP contribution in [0.2, 0.25) is 18.1 Å². The minimum atomic E-state index is -1.82. The molecule has 3 nitrogen and oxygen atoms in total. The highest BCUT2D eigenvalue weighted by Crippen LogP contribution is 2.41. The van der Waals surface area contributed by atoms with Gasteiger partial charge in [0, 0.05) is 19.1 Å². The van der Waals surface area contributed by atoms with E-state index in [2.05, 4.69) is 46.0 Å². The van der Waals surface area contributed by atoms with Gasteiger partial charge in [0.15, 0.2) is 8.32 Å². The molecule has 3 atom stereocenters. The lowest BCUT2D eigenvalue weighted by molar-refractivity contribution is -0.00568. The molecule has 0 bridgehead atoms. The summed E-state index contributed by atoms with van der Waals surface area (Å²) in [5.74, 6) is 0.806. The number of hydrogen-bond acceptors (Lipinski definition) is 3.